The van der Waals surface area contributed by atoms with Crippen LogP contribution in [0.3, 0.4) is 0 Å². The van der Waals surface area contributed by atoms with E-state index in [2.05, 4.69) is 4.98 Å². The van der Waals surface area contributed by atoms with Crippen molar-refractivity contribution in [1.82, 2.24) is 9.55 Å². The van der Waals surface area contributed by atoms with Crippen molar-refractivity contribution in [3.8, 4) is 0 Å². The van der Waals surface area contributed by atoms with E-state index < -0.39 is 0 Å². The Labute approximate surface area is 119 Å². The zero-order valence-corrected chi connectivity index (χ0v) is 12.3. The lowest BCUT2D eigenvalue weighted by Gasteiger charge is -2.01. The summed E-state index contributed by atoms with van der Waals surface area (Å²) in [6.07, 6.45) is 5.52. The summed E-state index contributed by atoms with van der Waals surface area (Å²) in [7, 11) is 0. The molecule has 0 amide bonds. The zero-order valence-electron chi connectivity index (χ0n) is 12.3. The van der Waals surface area contributed by atoms with Crippen LogP contribution in [-0.2, 0) is 16.1 Å². The first kappa shape index (κ1) is 20.1. The van der Waals surface area contributed by atoms with Gasteiger partial charge in [-0.15, -0.1) is 0 Å². The first-order chi connectivity index (χ1) is 9.76. The maximum atomic E-state index is 12.8. The van der Waals surface area contributed by atoms with Crippen molar-refractivity contribution in [3.05, 3.63) is 54.4 Å². The molecule has 0 radical (unpaired) electrons. The van der Waals surface area contributed by atoms with Crippen molar-refractivity contribution in [2.75, 3.05) is 0 Å². The quantitative estimate of drug-likeness (QED) is 0.845. The maximum absolute atomic E-state index is 12.8. The molecule has 0 unspecified atom stereocenters. The van der Waals surface area contributed by atoms with E-state index in [9.17, 15) is 4.39 Å². The third kappa shape index (κ3) is 9.74. The highest BCUT2D eigenvalue weighted by atomic mass is 19.1. The van der Waals surface area contributed by atoms with Gasteiger partial charge in [-0.2, -0.15) is 9.59 Å². The van der Waals surface area contributed by atoms with Gasteiger partial charge in [-0.05, 0) is 17.7 Å². The topological polar surface area (TPSA) is 52.0 Å². The average molecular weight is 280 g/mol. The molecule has 0 fully saturated rings. The molecule has 2 aromatic rings. The summed E-state index contributed by atoms with van der Waals surface area (Å²) < 4.78 is 14.7. The summed E-state index contributed by atoms with van der Waals surface area (Å²) >= 11 is 0. The second-order valence-electron chi connectivity index (χ2n) is 2.95. The third-order valence-electron chi connectivity index (χ3n) is 1.81. The van der Waals surface area contributed by atoms with Crippen molar-refractivity contribution in [3.63, 3.8) is 0 Å². The van der Waals surface area contributed by atoms with E-state index in [4.69, 9.17) is 9.59 Å². The molecule has 5 heteroatoms. The van der Waals surface area contributed by atoms with Crippen LogP contribution in [0.5, 0.6) is 0 Å². The zero-order chi connectivity index (χ0) is 15.8. The van der Waals surface area contributed by atoms with Gasteiger partial charge in [0.05, 0.1) is 6.33 Å². The van der Waals surface area contributed by atoms with E-state index in [-0.39, 0.29) is 12.0 Å². The molecule has 1 aromatic carbocycles. The maximum Gasteiger partial charge on any atom is 0.373 e. The highest BCUT2D eigenvalue weighted by molar-refractivity contribution is 5.20. The van der Waals surface area contributed by atoms with Gasteiger partial charge >= 0.3 is 6.15 Å². The highest BCUT2D eigenvalue weighted by Crippen LogP contribution is 2.05. The summed E-state index contributed by atoms with van der Waals surface area (Å²) in [6, 6.07) is 6.57. The molecule has 0 bridgehead atoms. The lowest BCUT2D eigenvalue weighted by molar-refractivity contribution is -0.191. The first-order valence-corrected chi connectivity index (χ1v) is 6.45. The Kier molecular flexibility index (Phi) is 14.8. The van der Waals surface area contributed by atoms with Gasteiger partial charge in [0.25, 0.3) is 0 Å². The van der Waals surface area contributed by atoms with Gasteiger partial charge in [0.1, 0.15) is 5.82 Å². The van der Waals surface area contributed by atoms with Crippen molar-refractivity contribution in [1.29, 1.82) is 0 Å². The molecular formula is C15H21FN2O2. The molecule has 0 saturated carbocycles. The lowest BCUT2D eigenvalue weighted by Crippen LogP contribution is -1.96. The van der Waals surface area contributed by atoms with E-state index in [1.54, 1.807) is 18.6 Å². The fraction of sp³-hybridized carbons (Fsp3) is 0.333. The Bertz CT molecular complexity index is 464. The van der Waals surface area contributed by atoms with Crippen LogP contribution in [0.1, 0.15) is 33.3 Å². The molecule has 110 valence electrons. The van der Waals surface area contributed by atoms with E-state index in [0.717, 1.165) is 5.56 Å². The second-order valence-corrected chi connectivity index (χ2v) is 2.95. The van der Waals surface area contributed by atoms with E-state index in [1.807, 2.05) is 44.5 Å². The van der Waals surface area contributed by atoms with Gasteiger partial charge in [0, 0.05) is 18.9 Å². The van der Waals surface area contributed by atoms with Gasteiger partial charge in [0.15, 0.2) is 0 Å². The Balaban J connectivity index is 0. The van der Waals surface area contributed by atoms with Crippen molar-refractivity contribution in [2.24, 2.45) is 0 Å². The highest BCUT2D eigenvalue weighted by Gasteiger charge is 1.95. The van der Waals surface area contributed by atoms with Crippen LogP contribution < -0.4 is 0 Å². The molecule has 4 nitrogen and oxygen atoms in total. The van der Waals surface area contributed by atoms with Gasteiger partial charge < -0.3 is 4.57 Å². The number of hydrogen-bond donors (Lipinski definition) is 0. The minimum Gasteiger partial charge on any atom is -0.333 e. The molecule has 1 heterocycles. The summed E-state index contributed by atoms with van der Waals surface area (Å²) in [5.41, 5.74) is 0.943. The third-order valence-corrected chi connectivity index (χ3v) is 1.81. The molecule has 0 saturated heterocycles. The van der Waals surface area contributed by atoms with Crippen LogP contribution in [0.15, 0.2) is 43.0 Å². The summed E-state index contributed by atoms with van der Waals surface area (Å²) in [5, 5.41) is 0. The smallest absolute Gasteiger partial charge is 0.333 e. The van der Waals surface area contributed by atoms with Crippen LogP contribution in [0.2, 0.25) is 0 Å². The largest absolute Gasteiger partial charge is 0.373 e. The molecule has 20 heavy (non-hydrogen) atoms. The SMILES string of the molecule is CC.CC.Fc1cccc(Cn2ccnc2)c1.O=C=O. The molecule has 0 aliphatic carbocycles. The lowest BCUT2D eigenvalue weighted by atomic mass is 10.2. The number of imidazole rings is 1. The molecule has 0 spiro atoms. The Morgan fingerprint density at radius 1 is 1.20 bits per heavy atom. The average Bonchev–Trinajstić information content (AvgIpc) is 2.97. The second kappa shape index (κ2) is 14.8. The number of halogens is 1. The number of aromatic nitrogens is 2. The first-order valence-electron chi connectivity index (χ1n) is 6.45. The van der Waals surface area contributed by atoms with Crippen molar-refractivity contribution < 1.29 is 14.0 Å². The monoisotopic (exact) mass is 280 g/mol. The van der Waals surface area contributed by atoms with Crippen LogP contribution in [0.4, 0.5) is 4.39 Å². The minimum atomic E-state index is -0.197. The Morgan fingerprint density at radius 3 is 2.25 bits per heavy atom. The fourth-order valence-corrected chi connectivity index (χ4v) is 1.23. The number of benzene rings is 1. The molecule has 0 N–H and O–H groups in total. The molecule has 0 atom stereocenters. The number of nitrogens with zero attached hydrogens (tertiary/aromatic N) is 2. The van der Waals surface area contributed by atoms with Gasteiger partial charge in [-0.25, -0.2) is 9.37 Å². The standard InChI is InChI=1S/C10H9FN2.2C2H6.CO2/c11-10-3-1-2-9(6-10)7-13-5-4-12-8-13;2*1-2;2-1-3/h1-6,8H,7H2;2*1-2H3;. The number of carbonyl (C=O) groups excluding carboxylic acids is 2. The van der Waals surface area contributed by atoms with Crippen LogP contribution >= 0.6 is 0 Å². The molecular weight excluding hydrogens is 259 g/mol. The van der Waals surface area contributed by atoms with Crippen molar-refractivity contribution in [2.45, 2.75) is 34.2 Å². The van der Waals surface area contributed by atoms with Crippen molar-refractivity contribution >= 4 is 6.15 Å². The van der Waals surface area contributed by atoms with Crippen LogP contribution in [0.25, 0.3) is 0 Å². The fourth-order valence-electron chi connectivity index (χ4n) is 1.23. The molecule has 1 aromatic heterocycles. The van der Waals surface area contributed by atoms with E-state index >= 15 is 0 Å². The summed E-state index contributed by atoms with van der Waals surface area (Å²) in [4.78, 5) is 20.2. The molecule has 0 aliphatic heterocycles. The molecule has 0 aliphatic rings. The number of rotatable bonds is 2. The van der Waals surface area contributed by atoms with Gasteiger partial charge in [-0.1, -0.05) is 39.8 Å². The number of hydrogen-bond acceptors (Lipinski definition) is 3. The minimum absolute atomic E-state index is 0.197. The van der Waals surface area contributed by atoms with Crippen LogP contribution in [-0.4, -0.2) is 15.7 Å². The summed E-state index contributed by atoms with van der Waals surface area (Å²) in [6.45, 7) is 8.66. The predicted molar refractivity (Wildman–Crippen MR) is 75.4 cm³/mol. The van der Waals surface area contributed by atoms with E-state index in [1.165, 1.54) is 12.1 Å². The summed E-state index contributed by atoms with van der Waals surface area (Å²) in [5.74, 6) is -0.197. The van der Waals surface area contributed by atoms with Crippen LogP contribution in [0, 0.1) is 5.82 Å². The van der Waals surface area contributed by atoms with E-state index in [0.29, 0.717) is 6.54 Å². The predicted octanol–water partition coefficient (Wildman–Crippen LogP) is 3.54. The Hall–Kier alpha value is -2.26. The Morgan fingerprint density at radius 2 is 1.80 bits per heavy atom. The van der Waals surface area contributed by atoms with Gasteiger partial charge in [0.2, 0.25) is 0 Å². The normalized spacial score (nSPS) is 7.65. The van der Waals surface area contributed by atoms with Gasteiger partial charge in [-0.3, -0.25) is 0 Å². The molecule has 2 rings (SSSR count).